The van der Waals surface area contributed by atoms with Gasteiger partial charge in [-0.3, -0.25) is 24.6 Å². The highest BCUT2D eigenvalue weighted by atomic mass is 16.6. The number of hydrogen-bond acceptors (Lipinski definition) is 7. The minimum absolute atomic E-state index is 0.0711. The second-order valence-corrected chi connectivity index (χ2v) is 8.29. The molecule has 0 saturated carbocycles. The number of likely N-dealkylation sites (N-methyl/N-ethyl adjacent to an activating group) is 1. The number of anilines is 1. The van der Waals surface area contributed by atoms with Crippen LogP contribution in [-0.2, 0) is 10.3 Å². The van der Waals surface area contributed by atoms with Gasteiger partial charge in [0.2, 0.25) is 11.7 Å². The third-order valence-corrected chi connectivity index (χ3v) is 6.71. The number of nitro benzene ring substituents is 1. The van der Waals surface area contributed by atoms with E-state index < -0.39 is 22.3 Å². The molecule has 1 fully saturated rings. The van der Waals surface area contributed by atoms with Crippen LogP contribution in [0.2, 0.25) is 0 Å². The van der Waals surface area contributed by atoms with Crippen molar-refractivity contribution in [2.75, 3.05) is 26.0 Å². The third kappa shape index (κ3) is 2.96. The molecule has 2 aliphatic heterocycles. The summed E-state index contributed by atoms with van der Waals surface area (Å²) in [5.41, 5.74) is 0.445. The molecule has 5 rings (SSSR count). The predicted octanol–water partition coefficient (Wildman–Crippen LogP) is 3.57. The van der Waals surface area contributed by atoms with Crippen molar-refractivity contribution in [1.82, 2.24) is 4.90 Å². The molecule has 1 saturated heterocycles. The van der Waals surface area contributed by atoms with Crippen LogP contribution in [0.4, 0.5) is 11.4 Å². The van der Waals surface area contributed by atoms with Crippen molar-refractivity contribution >= 4 is 23.1 Å². The van der Waals surface area contributed by atoms with Gasteiger partial charge < -0.3 is 14.5 Å². The van der Waals surface area contributed by atoms with Crippen LogP contribution >= 0.6 is 0 Å². The average molecular weight is 447 g/mol. The molecular weight excluding hydrogens is 426 g/mol. The van der Waals surface area contributed by atoms with Gasteiger partial charge in [0.15, 0.2) is 5.76 Å². The number of rotatable bonds is 5. The zero-order valence-electron chi connectivity index (χ0n) is 18.0. The van der Waals surface area contributed by atoms with Crippen LogP contribution < -0.4 is 10.1 Å². The molecule has 9 heteroatoms. The molecule has 33 heavy (non-hydrogen) atoms. The lowest BCUT2D eigenvalue weighted by atomic mass is 9.71. The van der Waals surface area contributed by atoms with E-state index in [1.165, 1.54) is 25.5 Å². The predicted molar refractivity (Wildman–Crippen MR) is 118 cm³/mol. The zero-order valence-corrected chi connectivity index (χ0v) is 18.0. The number of methoxy groups -OCH3 is 1. The quantitative estimate of drug-likeness (QED) is 0.361. The normalized spacial score (nSPS) is 24.0. The van der Waals surface area contributed by atoms with Gasteiger partial charge in [-0.05, 0) is 42.9 Å². The van der Waals surface area contributed by atoms with E-state index in [4.69, 9.17) is 9.15 Å². The van der Waals surface area contributed by atoms with Gasteiger partial charge in [-0.2, -0.15) is 0 Å². The molecule has 1 amide bonds. The molecule has 3 heterocycles. The molecule has 0 radical (unpaired) electrons. The number of amides is 1. The molecule has 0 unspecified atom stereocenters. The molecule has 1 aromatic heterocycles. The fraction of sp³-hybridized carbons (Fsp3) is 0.250. The van der Waals surface area contributed by atoms with Crippen LogP contribution in [-0.4, -0.2) is 42.2 Å². The van der Waals surface area contributed by atoms with E-state index in [2.05, 4.69) is 5.32 Å². The summed E-state index contributed by atoms with van der Waals surface area (Å²) in [5.74, 6) is -1.35. The molecular formula is C24H21N3O6. The highest BCUT2D eigenvalue weighted by molar-refractivity contribution is 6.11. The topological polar surface area (TPSA) is 115 Å². The zero-order chi connectivity index (χ0) is 23.3. The minimum Gasteiger partial charge on any atom is -0.497 e. The van der Waals surface area contributed by atoms with Crippen molar-refractivity contribution in [3.63, 3.8) is 0 Å². The molecule has 168 valence electrons. The van der Waals surface area contributed by atoms with Crippen LogP contribution in [0.3, 0.4) is 0 Å². The largest absolute Gasteiger partial charge is 0.497 e. The number of ketones is 1. The second-order valence-electron chi connectivity index (χ2n) is 8.29. The first kappa shape index (κ1) is 20.9. The Morgan fingerprint density at radius 2 is 2.06 bits per heavy atom. The first-order chi connectivity index (χ1) is 15.9. The van der Waals surface area contributed by atoms with Crippen molar-refractivity contribution in [3.8, 4) is 5.75 Å². The number of nitrogens with zero attached hydrogens (tertiary/aromatic N) is 2. The van der Waals surface area contributed by atoms with E-state index in [-0.39, 0.29) is 23.1 Å². The van der Waals surface area contributed by atoms with Crippen LogP contribution in [0.1, 0.15) is 27.6 Å². The molecule has 2 aromatic carbocycles. The minimum atomic E-state index is -1.33. The summed E-state index contributed by atoms with van der Waals surface area (Å²) in [6.07, 6.45) is 1.41. The number of Topliss-reactive ketones (excluding diaryl/α,β-unsaturated/α-hetero) is 1. The number of hydrogen-bond donors (Lipinski definition) is 1. The molecule has 1 spiro atoms. The number of nitrogens with one attached hydrogen (secondary N) is 1. The van der Waals surface area contributed by atoms with Gasteiger partial charge in [0.1, 0.15) is 11.3 Å². The Morgan fingerprint density at radius 3 is 2.76 bits per heavy atom. The summed E-state index contributed by atoms with van der Waals surface area (Å²) in [6.45, 7) is 0.336. The van der Waals surface area contributed by atoms with Gasteiger partial charge >= 0.3 is 0 Å². The number of furan rings is 1. The number of carbonyl (C=O) groups is 2. The molecule has 3 aromatic rings. The van der Waals surface area contributed by atoms with Crippen LogP contribution in [0.5, 0.6) is 5.75 Å². The lowest BCUT2D eigenvalue weighted by molar-refractivity contribution is -0.384. The van der Waals surface area contributed by atoms with E-state index in [1.807, 2.05) is 4.90 Å². The van der Waals surface area contributed by atoms with Crippen LogP contribution in [0.25, 0.3) is 0 Å². The van der Waals surface area contributed by atoms with Crippen LogP contribution in [0.15, 0.2) is 65.3 Å². The Bertz CT molecular complexity index is 1270. The summed E-state index contributed by atoms with van der Waals surface area (Å²) in [5, 5.41) is 14.3. The lowest BCUT2D eigenvalue weighted by Gasteiger charge is -2.35. The van der Waals surface area contributed by atoms with Gasteiger partial charge in [-0.25, -0.2) is 0 Å². The number of ether oxygens (including phenoxy) is 1. The highest BCUT2D eigenvalue weighted by Gasteiger charge is 2.64. The Kier molecular flexibility index (Phi) is 4.79. The Balaban J connectivity index is 1.74. The molecule has 9 nitrogen and oxygen atoms in total. The number of nitro groups is 1. The lowest BCUT2D eigenvalue weighted by Crippen LogP contribution is -2.51. The maximum absolute atomic E-state index is 13.9. The standard InChI is InChI=1S/C24H21N3O6/c1-26-13-17(14-5-3-6-15(11-14)27(30)31)21(22(28)20-7-4-10-33-20)24(26)18-12-16(32-2)8-9-19(18)25-23(24)29/h3-12,17,21H,13H2,1-2H3,(H,25,29)/t17-,21+,24+/m1/s1. The molecule has 0 bridgehead atoms. The number of carbonyl (C=O) groups excluding carboxylic acids is 2. The maximum Gasteiger partial charge on any atom is 0.269 e. The van der Waals surface area contributed by atoms with Crippen LogP contribution in [0, 0.1) is 16.0 Å². The first-order valence-electron chi connectivity index (χ1n) is 10.4. The average Bonchev–Trinajstić information content (AvgIpc) is 3.52. The van der Waals surface area contributed by atoms with Gasteiger partial charge in [0.05, 0.1) is 24.2 Å². The summed E-state index contributed by atoms with van der Waals surface area (Å²) in [7, 11) is 3.32. The van der Waals surface area contributed by atoms with Gasteiger partial charge in [-0.15, -0.1) is 0 Å². The number of benzene rings is 2. The fourth-order valence-corrected chi connectivity index (χ4v) is 5.29. The monoisotopic (exact) mass is 447 g/mol. The Labute approximate surface area is 189 Å². The van der Waals surface area contributed by atoms with Crippen molar-refractivity contribution in [1.29, 1.82) is 0 Å². The smallest absolute Gasteiger partial charge is 0.269 e. The Morgan fingerprint density at radius 1 is 1.24 bits per heavy atom. The van der Waals surface area contributed by atoms with Gasteiger partial charge in [-0.1, -0.05) is 12.1 Å². The number of fused-ring (bicyclic) bond motifs is 2. The highest BCUT2D eigenvalue weighted by Crippen LogP contribution is 2.56. The van der Waals surface area contributed by atoms with Gasteiger partial charge in [0.25, 0.3) is 5.69 Å². The fourth-order valence-electron chi connectivity index (χ4n) is 5.29. The summed E-state index contributed by atoms with van der Waals surface area (Å²) < 4.78 is 10.8. The second kappa shape index (κ2) is 7.56. The van der Waals surface area contributed by atoms with E-state index in [9.17, 15) is 19.7 Å². The first-order valence-corrected chi connectivity index (χ1v) is 10.4. The SMILES string of the molecule is COc1ccc2c(c1)[C@@]1(C(=O)N2)[C@H](C(=O)c2ccco2)[C@@H](c2cccc([N+](=O)[O-])c2)CN1C. The van der Waals surface area contributed by atoms with Gasteiger partial charge in [0, 0.05) is 35.8 Å². The van der Waals surface area contributed by atoms with Crippen molar-refractivity contribution in [3.05, 3.63) is 87.9 Å². The van der Waals surface area contributed by atoms with Crippen molar-refractivity contribution in [2.24, 2.45) is 5.92 Å². The van der Waals surface area contributed by atoms with E-state index in [1.54, 1.807) is 49.5 Å². The van der Waals surface area contributed by atoms with E-state index in [0.29, 0.717) is 29.1 Å². The summed E-state index contributed by atoms with van der Waals surface area (Å²) in [6, 6.07) is 14.7. The number of likely N-dealkylation sites (tertiary alicyclic amines) is 1. The molecule has 0 aliphatic carbocycles. The third-order valence-electron chi connectivity index (χ3n) is 6.71. The molecule has 1 N–H and O–H groups in total. The summed E-state index contributed by atoms with van der Waals surface area (Å²) in [4.78, 5) is 40.3. The van der Waals surface area contributed by atoms with Crippen molar-refractivity contribution in [2.45, 2.75) is 11.5 Å². The maximum atomic E-state index is 13.9. The molecule has 3 atom stereocenters. The van der Waals surface area contributed by atoms with Crippen molar-refractivity contribution < 1.29 is 23.7 Å². The summed E-state index contributed by atoms with van der Waals surface area (Å²) >= 11 is 0. The molecule has 2 aliphatic rings. The van der Waals surface area contributed by atoms with E-state index >= 15 is 0 Å². The number of non-ortho nitro benzene ring substituents is 1. The Hall–Kier alpha value is -3.98. The van der Waals surface area contributed by atoms with E-state index in [0.717, 1.165) is 0 Å².